The molecule has 27 heavy (non-hydrogen) atoms. The fourth-order valence-electron chi connectivity index (χ4n) is 2.70. The first-order valence-electron chi connectivity index (χ1n) is 9.12. The van der Waals surface area contributed by atoms with Gasteiger partial charge < -0.3 is 9.42 Å². The van der Waals surface area contributed by atoms with E-state index in [-0.39, 0.29) is 11.6 Å². The van der Waals surface area contributed by atoms with E-state index in [1.807, 2.05) is 24.3 Å². The molecule has 0 bridgehead atoms. The van der Waals surface area contributed by atoms with E-state index < -0.39 is 16.1 Å². The maximum Gasteiger partial charge on any atom is 0.244 e. The summed E-state index contributed by atoms with van der Waals surface area (Å²) in [6.07, 6.45) is 1.11. The molecule has 150 valence electrons. The van der Waals surface area contributed by atoms with Crippen molar-refractivity contribution in [2.24, 2.45) is 0 Å². The maximum absolute atomic E-state index is 12.3. The molecule has 2 rings (SSSR count). The van der Waals surface area contributed by atoms with Crippen molar-refractivity contribution in [1.29, 1.82) is 0 Å². The quantitative estimate of drug-likeness (QED) is 0.556. The van der Waals surface area contributed by atoms with Gasteiger partial charge in [0.05, 0.1) is 11.8 Å². The minimum atomic E-state index is -3.41. The Morgan fingerprint density at radius 3 is 2.52 bits per heavy atom. The molecule has 0 aliphatic heterocycles. The smallest absolute Gasteiger partial charge is 0.244 e. The van der Waals surface area contributed by atoms with Crippen LogP contribution in [0.25, 0.3) is 0 Å². The zero-order chi connectivity index (χ0) is 19.9. The van der Waals surface area contributed by atoms with Gasteiger partial charge in [0, 0.05) is 10.9 Å². The Morgan fingerprint density at radius 2 is 1.89 bits per heavy atom. The lowest BCUT2D eigenvalue weighted by Gasteiger charge is -2.18. The van der Waals surface area contributed by atoms with Crippen LogP contribution in [-0.4, -0.2) is 48.8 Å². The third-order valence-corrected chi connectivity index (χ3v) is 6.34. The Labute approximate surface area is 169 Å². The number of sulfonamides is 1. The van der Waals surface area contributed by atoms with Gasteiger partial charge in [0.25, 0.3) is 0 Å². The van der Waals surface area contributed by atoms with Gasteiger partial charge in [0.15, 0.2) is 5.82 Å². The molecule has 0 fully saturated rings. The van der Waals surface area contributed by atoms with E-state index in [0.29, 0.717) is 18.7 Å². The average Bonchev–Trinajstić information content (AvgIpc) is 3.09. The summed E-state index contributed by atoms with van der Waals surface area (Å²) in [4.78, 5) is 6.52. The third kappa shape index (κ3) is 7.33. The van der Waals surface area contributed by atoms with E-state index in [9.17, 15) is 8.42 Å². The van der Waals surface area contributed by atoms with Crippen LogP contribution in [-0.2, 0) is 16.4 Å². The fraction of sp³-hybridized carbons (Fsp3) is 0.556. The van der Waals surface area contributed by atoms with Gasteiger partial charge in [-0.05, 0) is 50.7 Å². The Balaban J connectivity index is 1.88. The number of aromatic nitrogens is 2. The highest BCUT2D eigenvalue weighted by Gasteiger charge is 2.21. The molecule has 0 spiro atoms. The Morgan fingerprint density at radius 1 is 1.22 bits per heavy atom. The summed E-state index contributed by atoms with van der Waals surface area (Å²) in [6, 6.07) is 7.29. The first-order valence-corrected chi connectivity index (χ1v) is 11.6. The zero-order valence-corrected chi connectivity index (χ0v) is 18.4. The molecule has 0 unspecified atom stereocenters. The number of hydrogen-bond donors (Lipinski definition) is 1. The Hall–Kier alpha value is -1.29. The second kappa shape index (κ2) is 10.3. The molecule has 1 atom stereocenters. The third-order valence-electron chi connectivity index (χ3n) is 4.27. The van der Waals surface area contributed by atoms with Crippen LogP contribution in [0.1, 0.15) is 50.5 Å². The molecule has 0 aliphatic carbocycles. The molecule has 1 aromatic carbocycles. The molecular weight excluding hydrogens is 432 g/mol. The minimum Gasteiger partial charge on any atom is -0.338 e. The number of nitrogens with zero attached hydrogens (tertiary/aromatic N) is 3. The number of rotatable bonds is 11. The van der Waals surface area contributed by atoms with Crippen LogP contribution in [0, 0.1) is 0 Å². The van der Waals surface area contributed by atoms with Crippen LogP contribution >= 0.6 is 15.9 Å². The van der Waals surface area contributed by atoms with Crippen LogP contribution in [0.2, 0.25) is 0 Å². The van der Waals surface area contributed by atoms with Crippen LogP contribution < -0.4 is 4.72 Å². The predicted molar refractivity (Wildman–Crippen MR) is 109 cm³/mol. The molecule has 1 N–H and O–H groups in total. The summed E-state index contributed by atoms with van der Waals surface area (Å²) >= 11 is 3.40. The summed E-state index contributed by atoms with van der Waals surface area (Å²) in [5, 5.41) is 3.95. The van der Waals surface area contributed by atoms with Crippen LogP contribution in [0.5, 0.6) is 0 Å². The van der Waals surface area contributed by atoms with E-state index in [0.717, 1.165) is 29.7 Å². The van der Waals surface area contributed by atoms with Crippen LogP contribution in [0.15, 0.2) is 33.3 Å². The van der Waals surface area contributed by atoms with Crippen molar-refractivity contribution in [3.05, 3.63) is 46.0 Å². The van der Waals surface area contributed by atoms with Gasteiger partial charge in [-0.15, -0.1) is 0 Å². The number of nitrogens with one attached hydrogen (secondary N) is 1. The highest BCUT2D eigenvalue weighted by atomic mass is 79.9. The van der Waals surface area contributed by atoms with Gasteiger partial charge in [0.1, 0.15) is 0 Å². The highest BCUT2D eigenvalue weighted by Crippen LogP contribution is 2.15. The molecule has 0 aliphatic rings. The van der Waals surface area contributed by atoms with Crippen LogP contribution in [0.3, 0.4) is 0 Å². The summed E-state index contributed by atoms with van der Waals surface area (Å²) in [5.74, 6) is 0.877. The van der Waals surface area contributed by atoms with E-state index in [4.69, 9.17) is 4.52 Å². The summed E-state index contributed by atoms with van der Waals surface area (Å²) in [7, 11) is -3.41. The lowest BCUT2D eigenvalue weighted by molar-refractivity contribution is 0.304. The molecule has 0 saturated carbocycles. The van der Waals surface area contributed by atoms with Crippen molar-refractivity contribution in [2.75, 3.05) is 25.4 Å². The van der Waals surface area contributed by atoms with Gasteiger partial charge in [-0.1, -0.05) is 47.1 Å². The Kier molecular flexibility index (Phi) is 8.40. The van der Waals surface area contributed by atoms with Gasteiger partial charge in [0.2, 0.25) is 15.9 Å². The van der Waals surface area contributed by atoms with E-state index >= 15 is 0 Å². The maximum atomic E-state index is 12.3. The molecule has 0 amide bonds. The Bertz CT molecular complexity index is 804. The number of benzene rings is 1. The standard InChI is InChI=1S/C18H27BrN4O3S/c1-4-23(5-2)11-6-12-27(24,25)22-14(3)18-20-17(21-26-18)13-15-7-9-16(19)10-8-15/h7-10,14,22H,4-6,11-13H2,1-3H3/t14-/m0/s1. The van der Waals surface area contributed by atoms with Crippen molar-refractivity contribution in [2.45, 2.75) is 39.7 Å². The molecule has 2 aromatic rings. The molecule has 1 heterocycles. The van der Waals surface area contributed by atoms with Gasteiger partial charge in [-0.3, -0.25) is 0 Å². The van der Waals surface area contributed by atoms with Crippen molar-refractivity contribution >= 4 is 26.0 Å². The molecule has 1 aromatic heterocycles. The predicted octanol–water partition coefficient (Wildman–Crippen LogP) is 3.14. The summed E-state index contributed by atoms with van der Waals surface area (Å²) in [5.41, 5.74) is 1.05. The molecule has 0 saturated heterocycles. The van der Waals surface area contributed by atoms with Crippen molar-refractivity contribution in [1.82, 2.24) is 19.8 Å². The fourth-order valence-corrected chi connectivity index (χ4v) is 4.23. The second-order valence-electron chi connectivity index (χ2n) is 6.39. The second-order valence-corrected chi connectivity index (χ2v) is 9.18. The molecule has 0 radical (unpaired) electrons. The first kappa shape index (κ1) is 22.0. The van der Waals surface area contributed by atoms with E-state index in [1.54, 1.807) is 6.92 Å². The zero-order valence-electron chi connectivity index (χ0n) is 16.0. The van der Waals surface area contributed by atoms with Gasteiger partial charge in [-0.2, -0.15) is 4.98 Å². The minimum absolute atomic E-state index is 0.0771. The summed E-state index contributed by atoms with van der Waals surface area (Å²) < 4.78 is 33.4. The summed E-state index contributed by atoms with van der Waals surface area (Å²) in [6.45, 7) is 8.45. The molecule has 7 nitrogen and oxygen atoms in total. The highest BCUT2D eigenvalue weighted by molar-refractivity contribution is 9.10. The largest absolute Gasteiger partial charge is 0.338 e. The number of halogens is 1. The van der Waals surface area contributed by atoms with Crippen molar-refractivity contribution in [3.8, 4) is 0 Å². The van der Waals surface area contributed by atoms with Crippen LogP contribution in [0.4, 0.5) is 0 Å². The first-order chi connectivity index (χ1) is 12.8. The monoisotopic (exact) mass is 458 g/mol. The normalized spacial score (nSPS) is 13.2. The van der Waals surface area contributed by atoms with E-state index in [2.05, 4.69) is 49.5 Å². The SMILES string of the molecule is CCN(CC)CCCS(=O)(=O)N[C@@H](C)c1nc(Cc2ccc(Br)cc2)no1. The topological polar surface area (TPSA) is 88.3 Å². The molecular formula is C18H27BrN4O3S. The lowest BCUT2D eigenvalue weighted by atomic mass is 10.1. The molecule has 9 heteroatoms. The van der Waals surface area contributed by atoms with E-state index in [1.165, 1.54) is 0 Å². The van der Waals surface area contributed by atoms with Gasteiger partial charge >= 0.3 is 0 Å². The number of hydrogen-bond acceptors (Lipinski definition) is 6. The van der Waals surface area contributed by atoms with Gasteiger partial charge in [-0.25, -0.2) is 13.1 Å². The van der Waals surface area contributed by atoms with Crippen molar-refractivity contribution in [3.63, 3.8) is 0 Å². The lowest BCUT2D eigenvalue weighted by Crippen LogP contribution is -2.32. The average molecular weight is 459 g/mol. The van der Waals surface area contributed by atoms with Crippen molar-refractivity contribution < 1.29 is 12.9 Å².